The molecule has 0 rings (SSSR count). The predicted octanol–water partition coefficient (Wildman–Crippen LogP) is 5.19. The average molecular weight is 371 g/mol. The van der Waals surface area contributed by atoms with Crippen molar-refractivity contribution in [3.63, 3.8) is 0 Å². The number of alkyl halides is 14. The zero-order chi connectivity index (χ0) is 17.0. The quantitative estimate of drug-likeness (QED) is 0.472. The molecule has 0 saturated heterocycles. The highest BCUT2D eigenvalue weighted by atomic mass is 35.5. The molecule has 0 aliphatic carbocycles. The standard InChI is InChI=1S/C6Cl2F12/c7-5(8,17)3(13,14)1(9,10)2(11,12)4(15,16)6(18,19)20. The fourth-order valence-corrected chi connectivity index (χ4v) is 0.988. The molecule has 0 aromatic heterocycles. The van der Waals surface area contributed by atoms with Crippen LogP contribution in [0.5, 0.6) is 0 Å². The number of hydrogen-bond donors (Lipinski definition) is 0. The van der Waals surface area contributed by atoms with E-state index < -0.39 is 34.5 Å². The summed E-state index contributed by atoms with van der Waals surface area (Å²) in [5.41, 5.74) is 0. The normalized spacial score (nSPS) is 16.5. The highest BCUT2D eigenvalue weighted by molar-refractivity contribution is 6.47. The van der Waals surface area contributed by atoms with Crippen LogP contribution in [0.15, 0.2) is 0 Å². The zero-order valence-electron chi connectivity index (χ0n) is 8.29. The van der Waals surface area contributed by atoms with Gasteiger partial charge in [-0.25, -0.2) is 4.39 Å². The lowest BCUT2D eigenvalue weighted by Crippen LogP contribution is -2.69. The molecular weight excluding hydrogens is 371 g/mol. The Balaban J connectivity index is 6.08. The molecule has 122 valence electrons. The van der Waals surface area contributed by atoms with Gasteiger partial charge in [0.1, 0.15) is 0 Å². The molecule has 0 saturated carbocycles. The van der Waals surface area contributed by atoms with E-state index in [1.807, 2.05) is 0 Å². The summed E-state index contributed by atoms with van der Waals surface area (Å²) in [5.74, 6) is -29.9. The minimum absolute atomic E-state index is 3.79. The molecule has 0 fully saturated rings. The third-order valence-electron chi connectivity index (χ3n) is 1.90. The van der Waals surface area contributed by atoms with Gasteiger partial charge in [-0.05, 0) is 0 Å². The van der Waals surface area contributed by atoms with Crippen molar-refractivity contribution < 1.29 is 52.7 Å². The molecule has 0 nitrogen and oxygen atoms in total. The summed E-state index contributed by atoms with van der Waals surface area (Å²) in [6, 6.07) is 0. The van der Waals surface area contributed by atoms with E-state index >= 15 is 0 Å². The summed E-state index contributed by atoms with van der Waals surface area (Å²) in [5, 5.41) is 0. The van der Waals surface area contributed by atoms with E-state index in [1.54, 1.807) is 0 Å². The van der Waals surface area contributed by atoms with Crippen molar-refractivity contribution >= 4 is 23.2 Å². The van der Waals surface area contributed by atoms with Gasteiger partial charge in [0.15, 0.2) is 0 Å². The Morgan fingerprint density at radius 3 is 0.850 bits per heavy atom. The van der Waals surface area contributed by atoms with Gasteiger partial charge in [0.05, 0.1) is 0 Å². The number of halogens is 14. The van der Waals surface area contributed by atoms with E-state index in [2.05, 4.69) is 23.2 Å². The van der Waals surface area contributed by atoms with E-state index in [0.717, 1.165) is 0 Å². The molecule has 0 bridgehead atoms. The Hall–Kier alpha value is -0.260. The Morgan fingerprint density at radius 1 is 0.400 bits per heavy atom. The van der Waals surface area contributed by atoms with E-state index in [-0.39, 0.29) is 0 Å². The average Bonchev–Trinajstić information content (AvgIpc) is 2.12. The van der Waals surface area contributed by atoms with Crippen LogP contribution in [0.1, 0.15) is 0 Å². The second kappa shape index (κ2) is 4.62. The maximum Gasteiger partial charge on any atom is 0.460 e. The predicted molar refractivity (Wildman–Crippen MR) is 41.4 cm³/mol. The van der Waals surface area contributed by atoms with Crippen molar-refractivity contribution in [3.8, 4) is 0 Å². The maximum atomic E-state index is 12.6. The van der Waals surface area contributed by atoms with E-state index in [9.17, 15) is 52.7 Å². The minimum atomic E-state index is -7.73. The first-order valence-corrected chi connectivity index (χ1v) is 4.65. The summed E-state index contributed by atoms with van der Waals surface area (Å²) in [7, 11) is 0. The summed E-state index contributed by atoms with van der Waals surface area (Å²) in [6.07, 6.45) is -7.33. The molecule has 0 aliphatic rings. The summed E-state index contributed by atoms with van der Waals surface area (Å²) in [6.45, 7) is 0. The van der Waals surface area contributed by atoms with Crippen molar-refractivity contribution in [1.82, 2.24) is 0 Å². The van der Waals surface area contributed by atoms with Crippen LogP contribution in [0.25, 0.3) is 0 Å². The zero-order valence-corrected chi connectivity index (χ0v) is 9.80. The van der Waals surface area contributed by atoms with Crippen molar-refractivity contribution in [3.05, 3.63) is 0 Å². The molecule has 14 heteroatoms. The summed E-state index contributed by atoms with van der Waals surface area (Å²) < 4.78 is 141. The summed E-state index contributed by atoms with van der Waals surface area (Å²) in [4.78, 5) is 0. The van der Waals surface area contributed by atoms with Gasteiger partial charge in [-0.1, -0.05) is 23.2 Å². The second-order valence-corrected chi connectivity index (χ2v) is 4.53. The fourth-order valence-electron chi connectivity index (χ4n) is 0.750. The van der Waals surface area contributed by atoms with Crippen molar-refractivity contribution in [1.29, 1.82) is 0 Å². The minimum Gasteiger partial charge on any atom is -0.201 e. The topological polar surface area (TPSA) is 0 Å². The number of rotatable bonds is 4. The first kappa shape index (κ1) is 19.7. The van der Waals surface area contributed by atoms with Crippen LogP contribution in [0.3, 0.4) is 0 Å². The molecule has 0 unspecified atom stereocenters. The third-order valence-corrected chi connectivity index (χ3v) is 2.37. The highest BCUT2D eigenvalue weighted by Crippen LogP contribution is 2.61. The monoisotopic (exact) mass is 370 g/mol. The van der Waals surface area contributed by atoms with Gasteiger partial charge in [0.2, 0.25) is 0 Å². The van der Waals surface area contributed by atoms with Crippen LogP contribution in [-0.4, -0.2) is 34.5 Å². The van der Waals surface area contributed by atoms with Crippen LogP contribution in [-0.2, 0) is 0 Å². The Bertz CT molecular complexity index is 327. The van der Waals surface area contributed by atoms with E-state index in [4.69, 9.17) is 0 Å². The van der Waals surface area contributed by atoms with Crippen LogP contribution in [0.4, 0.5) is 52.7 Å². The molecule has 0 radical (unpaired) electrons. The highest BCUT2D eigenvalue weighted by Gasteiger charge is 2.90. The van der Waals surface area contributed by atoms with Gasteiger partial charge >= 0.3 is 34.5 Å². The number of hydrogen-bond acceptors (Lipinski definition) is 0. The molecule has 0 aromatic rings. The molecule has 0 spiro atoms. The first-order chi connectivity index (χ1) is 8.25. The van der Waals surface area contributed by atoms with Gasteiger partial charge in [-0.15, -0.1) is 0 Å². The largest absolute Gasteiger partial charge is 0.460 e. The van der Waals surface area contributed by atoms with Crippen LogP contribution in [0.2, 0.25) is 0 Å². The lowest BCUT2D eigenvalue weighted by molar-refractivity contribution is -0.425. The molecule has 0 aliphatic heterocycles. The summed E-state index contributed by atoms with van der Waals surface area (Å²) >= 11 is 7.58. The van der Waals surface area contributed by atoms with Gasteiger partial charge < -0.3 is 0 Å². The van der Waals surface area contributed by atoms with Crippen LogP contribution in [0, 0.1) is 0 Å². The van der Waals surface area contributed by atoms with Gasteiger partial charge in [-0.3, -0.25) is 0 Å². The molecule has 0 atom stereocenters. The van der Waals surface area contributed by atoms with Gasteiger partial charge in [0.25, 0.3) is 0 Å². The van der Waals surface area contributed by atoms with Crippen LogP contribution < -0.4 is 0 Å². The lowest BCUT2D eigenvalue weighted by Gasteiger charge is -2.38. The Morgan fingerprint density at radius 2 is 0.650 bits per heavy atom. The lowest BCUT2D eigenvalue weighted by atomic mass is 9.98. The van der Waals surface area contributed by atoms with E-state index in [1.165, 1.54) is 0 Å². The third kappa shape index (κ3) is 2.48. The Kier molecular flexibility index (Phi) is 4.56. The molecule has 0 heterocycles. The molecule has 0 amide bonds. The molecule has 0 N–H and O–H groups in total. The fraction of sp³-hybridized carbons (Fsp3) is 1.00. The maximum absolute atomic E-state index is 12.6. The molecular formula is C6Cl2F12. The second-order valence-electron chi connectivity index (χ2n) is 3.29. The molecule has 0 aromatic carbocycles. The van der Waals surface area contributed by atoms with Crippen molar-refractivity contribution in [2.24, 2.45) is 0 Å². The molecule has 20 heavy (non-hydrogen) atoms. The van der Waals surface area contributed by atoms with Gasteiger partial charge in [-0.2, -0.15) is 48.3 Å². The smallest absolute Gasteiger partial charge is 0.201 e. The van der Waals surface area contributed by atoms with Crippen molar-refractivity contribution in [2.45, 2.75) is 34.5 Å². The first-order valence-electron chi connectivity index (χ1n) is 3.90. The SMILES string of the molecule is FC(F)(F)C(F)(F)C(F)(F)C(F)(F)C(F)(F)C(F)(Cl)Cl. The van der Waals surface area contributed by atoms with E-state index in [0.29, 0.717) is 0 Å². The van der Waals surface area contributed by atoms with Crippen molar-refractivity contribution in [2.75, 3.05) is 0 Å². The van der Waals surface area contributed by atoms with Crippen LogP contribution >= 0.6 is 23.2 Å². The Labute approximate surface area is 111 Å². The van der Waals surface area contributed by atoms with Gasteiger partial charge in [0, 0.05) is 0 Å².